The van der Waals surface area contributed by atoms with Crippen molar-refractivity contribution in [2.24, 2.45) is 0 Å². The van der Waals surface area contributed by atoms with Crippen LogP contribution in [0.25, 0.3) is 0 Å². The molecule has 0 spiro atoms. The number of nitrogens with one attached hydrogen (secondary N) is 1. The van der Waals surface area contributed by atoms with E-state index in [0.717, 1.165) is 16.8 Å². The SMILES string of the molecule is CNc1ccc(Cc2ccccc2O)cc1Cl. The highest BCUT2D eigenvalue weighted by Crippen LogP contribution is 2.25. The topological polar surface area (TPSA) is 32.3 Å². The van der Waals surface area contributed by atoms with Gasteiger partial charge in [0.25, 0.3) is 0 Å². The Morgan fingerprint density at radius 2 is 1.94 bits per heavy atom. The van der Waals surface area contributed by atoms with Gasteiger partial charge in [0.2, 0.25) is 0 Å². The van der Waals surface area contributed by atoms with E-state index in [1.807, 2.05) is 43.4 Å². The Bertz CT molecular complexity index is 525. The number of anilines is 1. The minimum absolute atomic E-state index is 0.321. The van der Waals surface area contributed by atoms with Gasteiger partial charge in [-0.2, -0.15) is 0 Å². The smallest absolute Gasteiger partial charge is 0.119 e. The molecule has 0 bridgehead atoms. The second-order valence-corrected chi connectivity index (χ2v) is 4.28. The summed E-state index contributed by atoms with van der Waals surface area (Å²) < 4.78 is 0. The third kappa shape index (κ3) is 2.71. The second-order valence-electron chi connectivity index (χ2n) is 3.87. The van der Waals surface area contributed by atoms with E-state index < -0.39 is 0 Å². The van der Waals surface area contributed by atoms with Crippen molar-refractivity contribution in [3.63, 3.8) is 0 Å². The van der Waals surface area contributed by atoms with Gasteiger partial charge in [0.05, 0.1) is 10.7 Å². The lowest BCUT2D eigenvalue weighted by molar-refractivity contribution is 0.469. The van der Waals surface area contributed by atoms with Crippen LogP contribution in [0.2, 0.25) is 5.02 Å². The number of hydrogen-bond acceptors (Lipinski definition) is 2. The first kappa shape index (κ1) is 11.8. The molecule has 0 aromatic heterocycles. The molecular formula is C14H14ClNO. The van der Waals surface area contributed by atoms with Gasteiger partial charge in [0.15, 0.2) is 0 Å². The number of halogens is 1. The lowest BCUT2D eigenvalue weighted by atomic mass is 10.0. The lowest BCUT2D eigenvalue weighted by Crippen LogP contribution is -1.92. The summed E-state index contributed by atoms with van der Waals surface area (Å²) in [6.07, 6.45) is 0.677. The fourth-order valence-corrected chi connectivity index (χ4v) is 2.05. The Labute approximate surface area is 106 Å². The maximum atomic E-state index is 9.70. The summed E-state index contributed by atoms with van der Waals surface area (Å²) in [7, 11) is 1.84. The molecule has 0 heterocycles. The van der Waals surface area contributed by atoms with E-state index in [-0.39, 0.29) is 0 Å². The first-order chi connectivity index (χ1) is 8.20. The molecule has 0 atom stereocenters. The van der Waals surface area contributed by atoms with E-state index in [9.17, 15) is 5.11 Å². The molecule has 0 aliphatic heterocycles. The Hall–Kier alpha value is -1.67. The summed E-state index contributed by atoms with van der Waals surface area (Å²) in [4.78, 5) is 0. The van der Waals surface area contributed by atoms with Crippen LogP contribution in [0.1, 0.15) is 11.1 Å². The molecular weight excluding hydrogens is 234 g/mol. The van der Waals surface area contributed by atoms with Gasteiger partial charge in [-0.1, -0.05) is 35.9 Å². The Kier molecular flexibility index (Phi) is 3.55. The van der Waals surface area contributed by atoms with Gasteiger partial charge in [0, 0.05) is 13.5 Å². The van der Waals surface area contributed by atoms with E-state index in [1.54, 1.807) is 6.07 Å². The van der Waals surface area contributed by atoms with E-state index in [2.05, 4.69) is 5.32 Å². The highest BCUT2D eigenvalue weighted by Gasteiger charge is 2.04. The van der Waals surface area contributed by atoms with Gasteiger partial charge in [-0.25, -0.2) is 0 Å². The van der Waals surface area contributed by atoms with E-state index in [0.29, 0.717) is 17.2 Å². The Morgan fingerprint density at radius 1 is 1.18 bits per heavy atom. The van der Waals surface area contributed by atoms with Crippen LogP contribution >= 0.6 is 11.6 Å². The first-order valence-corrected chi connectivity index (χ1v) is 5.81. The van der Waals surface area contributed by atoms with Crippen molar-refractivity contribution in [2.45, 2.75) is 6.42 Å². The number of para-hydroxylation sites is 1. The van der Waals surface area contributed by atoms with Crippen LogP contribution in [0.5, 0.6) is 5.75 Å². The number of hydrogen-bond donors (Lipinski definition) is 2. The van der Waals surface area contributed by atoms with Crippen molar-refractivity contribution in [1.82, 2.24) is 0 Å². The van der Waals surface area contributed by atoms with Crippen molar-refractivity contribution in [3.8, 4) is 5.75 Å². The van der Waals surface area contributed by atoms with Crippen LogP contribution < -0.4 is 5.32 Å². The fourth-order valence-electron chi connectivity index (χ4n) is 1.75. The molecule has 2 aromatic rings. The summed E-state index contributed by atoms with van der Waals surface area (Å²) in [5.41, 5.74) is 2.89. The van der Waals surface area contributed by atoms with E-state index in [1.165, 1.54) is 0 Å². The van der Waals surface area contributed by atoms with Crippen LogP contribution in [-0.4, -0.2) is 12.2 Å². The minimum atomic E-state index is 0.321. The Morgan fingerprint density at radius 3 is 2.59 bits per heavy atom. The highest BCUT2D eigenvalue weighted by atomic mass is 35.5. The van der Waals surface area contributed by atoms with Crippen molar-refractivity contribution >= 4 is 17.3 Å². The molecule has 0 saturated carbocycles. The number of benzene rings is 2. The van der Waals surface area contributed by atoms with E-state index >= 15 is 0 Å². The number of phenolic OH excluding ortho intramolecular Hbond substituents is 1. The second kappa shape index (κ2) is 5.11. The molecule has 2 N–H and O–H groups in total. The van der Waals surface area contributed by atoms with Crippen LogP contribution in [0, 0.1) is 0 Å². The zero-order chi connectivity index (χ0) is 12.3. The van der Waals surface area contributed by atoms with Crippen LogP contribution in [0.3, 0.4) is 0 Å². The Balaban J connectivity index is 2.25. The van der Waals surface area contributed by atoms with Crippen molar-refractivity contribution < 1.29 is 5.11 Å². The maximum absolute atomic E-state index is 9.70. The van der Waals surface area contributed by atoms with Crippen molar-refractivity contribution in [1.29, 1.82) is 0 Å². The maximum Gasteiger partial charge on any atom is 0.119 e. The van der Waals surface area contributed by atoms with Gasteiger partial charge in [-0.3, -0.25) is 0 Å². The number of phenols is 1. The van der Waals surface area contributed by atoms with Crippen LogP contribution in [0.4, 0.5) is 5.69 Å². The molecule has 0 aliphatic rings. The molecule has 0 fully saturated rings. The van der Waals surface area contributed by atoms with Gasteiger partial charge in [0.1, 0.15) is 5.75 Å². The lowest BCUT2D eigenvalue weighted by Gasteiger charge is -2.08. The monoisotopic (exact) mass is 247 g/mol. The molecule has 0 aliphatic carbocycles. The minimum Gasteiger partial charge on any atom is -0.508 e. The predicted octanol–water partition coefficient (Wildman–Crippen LogP) is 3.68. The molecule has 3 heteroatoms. The predicted molar refractivity (Wildman–Crippen MR) is 71.9 cm³/mol. The molecule has 2 nitrogen and oxygen atoms in total. The molecule has 0 radical (unpaired) electrons. The molecule has 17 heavy (non-hydrogen) atoms. The van der Waals surface area contributed by atoms with Crippen molar-refractivity contribution in [2.75, 3.05) is 12.4 Å². The highest BCUT2D eigenvalue weighted by molar-refractivity contribution is 6.33. The molecule has 0 saturated heterocycles. The average Bonchev–Trinajstić information content (AvgIpc) is 2.32. The summed E-state index contributed by atoms with van der Waals surface area (Å²) >= 11 is 6.11. The molecule has 0 unspecified atom stereocenters. The number of rotatable bonds is 3. The zero-order valence-electron chi connectivity index (χ0n) is 9.57. The summed E-state index contributed by atoms with van der Waals surface area (Å²) in [5.74, 6) is 0.321. The van der Waals surface area contributed by atoms with Gasteiger partial charge in [-0.15, -0.1) is 0 Å². The van der Waals surface area contributed by atoms with Crippen LogP contribution in [-0.2, 0) is 6.42 Å². The summed E-state index contributed by atoms with van der Waals surface area (Å²) in [6.45, 7) is 0. The average molecular weight is 248 g/mol. The standard InChI is InChI=1S/C14H14ClNO/c1-16-13-7-6-10(9-12(13)15)8-11-4-2-3-5-14(11)17/h2-7,9,16-17H,8H2,1H3. The molecule has 0 amide bonds. The van der Waals surface area contributed by atoms with Crippen LogP contribution in [0.15, 0.2) is 42.5 Å². The summed E-state index contributed by atoms with van der Waals surface area (Å²) in [6, 6.07) is 13.2. The largest absolute Gasteiger partial charge is 0.508 e. The molecule has 2 rings (SSSR count). The van der Waals surface area contributed by atoms with Gasteiger partial charge in [-0.05, 0) is 29.3 Å². The van der Waals surface area contributed by atoms with Gasteiger partial charge >= 0.3 is 0 Å². The molecule has 2 aromatic carbocycles. The zero-order valence-corrected chi connectivity index (χ0v) is 10.3. The summed E-state index contributed by atoms with van der Waals surface area (Å²) in [5, 5.41) is 13.4. The number of aromatic hydroxyl groups is 1. The quantitative estimate of drug-likeness (QED) is 0.867. The van der Waals surface area contributed by atoms with Gasteiger partial charge < -0.3 is 10.4 Å². The molecule has 88 valence electrons. The first-order valence-electron chi connectivity index (χ1n) is 5.44. The third-order valence-electron chi connectivity index (χ3n) is 2.69. The van der Waals surface area contributed by atoms with E-state index in [4.69, 9.17) is 11.6 Å². The van der Waals surface area contributed by atoms with Crippen molar-refractivity contribution in [3.05, 3.63) is 58.6 Å². The normalized spacial score (nSPS) is 10.2. The fraction of sp³-hybridized carbons (Fsp3) is 0.143. The third-order valence-corrected chi connectivity index (χ3v) is 3.00.